The molecule has 2 atom stereocenters. The van der Waals surface area contributed by atoms with E-state index in [0.717, 1.165) is 18.4 Å². The molecule has 2 aromatic rings. The van der Waals surface area contributed by atoms with Crippen molar-refractivity contribution in [1.29, 1.82) is 0 Å². The van der Waals surface area contributed by atoms with Gasteiger partial charge in [0.05, 0.1) is 17.5 Å². The van der Waals surface area contributed by atoms with Crippen molar-refractivity contribution < 1.29 is 45.5 Å². The average molecular weight is 629 g/mol. The first-order chi connectivity index (χ1) is 20.6. The zero-order valence-electron chi connectivity index (χ0n) is 24.1. The Kier molecular flexibility index (Phi) is 11.4. The lowest BCUT2D eigenvalue weighted by molar-refractivity contribution is -0.143. The third-order valence-corrected chi connectivity index (χ3v) is 6.55. The largest absolute Gasteiger partial charge is 0.488 e. The molecule has 0 radical (unpaired) electrons. The van der Waals surface area contributed by atoms with Crippen molar-refractivity contribution in [2.24, 2.45) is 16.6 Å². The number of amides is 3. The normalized spacial score (nSPS) is 17.1. The van der Waals surface area contributed by atoms with E-state index < -0.39 is 67.8 Å². The van der Waals surface area contributed by atoms with E-state index in [9.17, 15) is 40.7 Å². The molecule has 8 nitrogen and oxygen atoms in total. The van der Waals surface area contributed by atoms with Crippen LogP contribution in [0.15, 0.2) is 47.5 Å². The Balaban J connectivity index is 0.000000676. The second-order valence-electron chi connectivity index (χ2n) is 10.6. The molecular formula is C30H34F6N4O4. The molecule has 0 bridgehead atoms. The van der Waals surface area contributed by atoms with Gasteiger partial charge in [0.2, 0.25) is 18.0 Å². The van der Waals surface area contributed by atoms with Crippen molar-refractivity contribution in [2.45, 2.75) is 83.4 Å². The van der Waals surface area contributed by atoms with Crippen molar-refractivity contribution in [3.05, 3.63) is 59.2 Å². The second-order valence-corrected chi connectivity index (χ2v) is 10.6. The maximum Gasteiger partial charge on any atom is 0.389 e. The minimum atomic E-state index is -4.52. The van der Waals surface area contributed by atoms with Crippen molar-refractivity contribution in [2.75, 3.05) is 5.32 Å². The van der Waals surface area contributed by atoms with Crippen LogP contribution in [0.4, 0.5) is 32.0 Å². The van der Waals surface area contributed by atoms with E-state index in [4.69, 9.17) is 10.5 Å². The van der Waals surface area contributed by atoms with Gasteiger partial charge in [-0.2, -0.15) is 26.3 Å². The predicted molar refractivity (Wildman–Crippen MR) is 151 cm³/mol. The summed E-state index contributed by atoms with van der Waals surface area (Å²) in [5.41, 5.74) is 8.13. The van der Waals surface area contributed by atoms with Gasteiger partial charge in [0.25, 0.3) is 5.91 Å². The highest BCUT2D eigenvalue weighted by molar-refractivity contribution is 6.20. The van der Waals surface area contributed by atoms with Gasteiger partial charge in [-0.1, -0.05) is 42.8 Å². The Morgan fingerprint density at radius 2 is 1.73 bits per heavy atom. The molecule has 2 unspecified atom stereocenters. The number of benzene rings is 2. The van der Waals surface area contributed by atoms with Gasteiger partial charge in [0, 0.05) is 36.3 Å². The van der Waals surface area contributed by atoms with Gasteiger partial charge in [-0.15, -0.1) is 0 Å². The summed E-state index contributed by atoms with van der Waals surface area (Å²) < 4.78 is 77.6. The zero-order valence-corrected chi connectivity index (χ0v) is 24.1. The highest BCUT2D eigenvalue weighted by Gasteiger charge is 2.35. The number of anilines is 1. The number of nitrogens with zero attached hydrogens (tertiary/aromatic N) is 1. The van der Waals surface area contributed by atoms with E-state index in [1.807, 2.05) is 25.1 Å². The van der Waals surface area contributed by atoms with E-state index in [1.54, 1.807) is 24.3 Å². The fourth-order valence-electron chi connectivity index (χ4n) is 4.33. The van der Waals surface area contributed by atoms with Gasteiger partial charge in [-0.3, -0.25) is 14.4 Å². The summed E-state index contributed by atoms with van der Waals surface area (Å²) in [7, 11) is 0. The summed E-state index contributed by atoms with van der Waals surface area (Å²) >= 11 is 0. The number of nitrogens with one attached hydrogen (secondary N) is 2. The number of fused-ring (bicyclic) bond motifs is 1. The summed E-state index contributed by atoms with van der Waals surface area (Å²) in [6.45, 7) is 3.40. The molecule has 2 aliphatic rings. The number of hydrogen-bond acceptors (Lipinski definition) is 5. The monoisotopic (exact) mass is 628 g/mol. The molecule has 240 valence electrons. The predicted octanol–water partition coefficient (Wildman–Crippen LogP) is 5.95. The number of benzodiazepines with no additional fused rings is 1. The van der Waals surface area contributed by atoms with Gasteiger partial charge < -0.3 is 21.1 Å². The Hall–Kier alpha value is -4.10. The molecule has 1 heterocycles. The Morgan fingerprint density at radius 1 is 1.07 bits per heavy atom. The van der Waals surface area contributed by atoms with E-state index in [1.165, 1.54) is 6.92 Å². The number of primary amides is 1. The van der Waals surface area contributed by atoms with Gasteiger partial charge in [0.1, 0.15) is 5.75 Å². The molecule has 2 aromatic carbocycles. The van der Waals surface area contributed by atoms with Crippen LogP contribution in [0.1, 0.15) is 68.6 Å². The van der Waals surface area contributed by atoms with Gasteiger partial charge in [-0.05, 0) is 44.7 Å². The molecule has 0 aromatic heterocycles. The third kappa shape index (κ3) is 10.9. The lowest BCUT2D eigenvalue weighted by atomic mass is 9.97. The summed E-state index contributed by atoms with van der Waals surface area (Å²) in [4.78, 5) is 42.1. The number of aryl methyl sites for hydroxylation is 1. The molecule has 0 spiro atoms. The van der Waals surface area contributed by atoms with Gasteiger partial charge in [-0.25, -0.2) is 4.99 Å². The van der Waals surface area contributed by atoms with Crippen LogP contribution in [0.2, 0.25) is 0 Å². The van der Waals surface area contributed by atoms with E-state index >= 15 is 0 Å². The smallest absolute Gasteiger partial charge is 0.389 e. The fraction of sp³-hybridized carbons (Fsp3) is 0.467. The number of nitrogens with two attached hydrogens (primary N) is 1. The fourth-order valence-corrected chi connectivity index (χ4v) is 4.33. The van der Waals surface area contributed by atoms with Gasteiger partial charge in [0.15, 0.2) is 0 Å². The van der Waals surface area contributed by atoms with Crippen LogP contribution in [0, 0.1) is 12.8 Å². The summed E-state index contributed by atoms with van der Waals surface area (Å²) in [6, 6.07) is 12.7. The molecule has 1 fully saturated rings. The topological polar surface area (TPSA) is 123 Å². The first-order valence-corrected chi connectivity index (χ1v) is 14.0. The highest BCUT2D eigenvalue weighted by atomic mass is 19.4. The number of ether oxygens (including phenoxy) is 1. The molecule has 1 aliphatic heterocycles. The SMILES string of the molecule is CCCC(F)(F)F.Cc1cccc(C2=NC(NC(=O)C(CCC(F)(F)F)CC(N)=O)C(=O)Nc3c(OC4CC4)cccc32)c1. The summed E-state index contributed by atoms with van der Waals surface area (Å²) in [5, 5.41) is 5.18. The molecule has 44 heavy (non-hydrogen) atoms. The quantitative estimate of drug-likeness (QED) is 0.282. The van der Waals surface area contributed by atoms with Crippen LogP contribution < -0.4 is 21.1 Å². The van der Waals surface area contributed by atoms with Crippen LogP contribution in [-0.4, -0.2) is 48.1 Å². The second kappa shape index (κ2) is 14.6. The third-order valence-electron chi connectivity index (χ3n) is 6.55. The van der Waals surface area contributed by atoms with E-state index in [2.05, 4.69) is 15.6 Å². The molecule has 4 rings (SSSR count). The maximum absolute atomic E-state index is 13.2. The lowest BCUT2D eigenvalue weighted by Crippen LogP contribution is -2.45. The maximum atomic E-state index is 13.2. The minimum Gasteiger partial charge on any atom is -0.488 e. The van der Waals surface area contributed by atoms with Crippen LogP contribution in [-0.2, 0) is 14.4 Å². The minimum absolute atomic E-state index is 0.0460. The number of carbonyl (C=O) groups excluding carboxylic acids is 3. The first-order valence-electron chi connectivity index (χ1n) is 14.0. The number of halogens is 6. The Labute approximate surface area is 250 Å². The highest BCUT2D eigenvalue weighted by Crippen LogP contribution is 2.37. The van der Waals surface area contributed by atoms with E-state index in [-0.39, 0.29) is 12.5 Å². The molecule has 3 amide bonds. The van der Waals surface area contributed by atoms with E-state index in [0.29, 0.717) is 28.3 Å². The first kappa shape index (κ1) is 34.4. The molecule has 1 aliphatic carbocycles. The molecule has 1 saturated carbocycles. The standard InChI is InChI=1S/C26H27F3N4O4.C4H7F3/c1-14-4-2-5-15(12-14)21-18-6-3-7-19(37-17-8-9-17)22(18)32-25(36)23(31-21)33-24(35)16(13-20(30)34)10-11-26(27,28)29;1-2-3-4(5,6)7/h2-7,12,16-17,23H,8-11,13H2,1H3,(H2,30,34)(H,32,36)(H,33,35);2-3H2,1H3. The van der Waals surface area contributed by atoms with Gasteiger partial charge >= 0.3 is 12.4 Å². The Morgan fingerprint density at radius 3 is 2.27 bits per heavy atom. The van der Waals surface area contributed by atoms with Crippen molar-refractivity contribution in [1.82, 2.24) is 5.32 Å². The Bertz CT molecular complexity index is 1370. The summed E-state index contributed by atoms with van der Waals surface area (Å²) in [5.74, 6) is -3.46. The molecular weight excluding hydrogens is 594 g/mol. The average Bonchev–Trinajstić information content (AvgIpc) is 3.74. The number of aliphatic imine (C=N–C) groups is 1. The lowest BCUT2D eigenvalue weighted by Gasteiger charge is -2.19. The van der Waals surface area contributed by atoms with Crippen LogP contribution in [0.3, 0.4) is 0 Å². The number of para-hydroxylation sites is 1. The van der Waals surface area contributed by atoms with Crippen molar-refractivity contribution in [3.8, 4) is 5.75 Å². The zero-order chi connectivity index (χ0) is 32.7. The number of rotatable bonds is 10. The number of hydrogen-bond donors (Lipinski definition) is 3. The molecule has 14 heteroatoms. The van der Waals surface area contributed by atoms with Crippen molar-refractivity contribution in [3.63, 3.8) is 0 Å². The van der Waals surface area contributed by atoms with Crippen LogP contribution >= 0.6 is 0 Å². The van der Waals surface area contributed by atoms with Crippen molar-refractivity contribution >= 4 is 29.1 Å². The summed E-state index contributed by atoms with van der Waals surface area (Å²) in [6.07, 6.45) is -11.1. The molecule has 0 saturated heterocycles. The van der Waals surface area contributed by atoms with Crippen LogP contribution in [0.25, 0.3) is 0 Å². The molecule has 4 N–H and O–H groups in total. The van der Waals surface area contributed by atoms with Crippen LogP contribution in [0.5, 0.6) is 5.75 Å². The number of alkyl halides is 6. The number of carbonyl (C=O) groups is 3.